The van der Waals surface area contributed by atoms with Gasteiger partial charge in [-0.2, -0.15) is 0 Å². The van der Waals surface area contributed by atoms with E-state index in [2.05, 4.69) is 5.32 Å². The van der Waals surface area contributed by atoms with E-state index in [0.29, 0.717) is 13.0 Å². The fourth-order valence-corrected chi connectivity index (χ4v) is 2.23. The van der Waals surface area contributed by atoms with Gasteiger partial charge in [0, 0.05) is 13.5 Å². The van der Waals surface area contributed by atoms with Crippen LogP contribution in [0.1, 0.15) is 12.5 Å². The molecular weight excluding hydrogens is 256 g/mol. The number of hydrogen-bond acceptors (Lipinski definition) is 4. The van der Waals surface area contributed by atoms with Gasteiger partial charge in [-0.3, -0.25) is 4.79 Å². The fraction of sp³-hybridized carbons (Fsp3) is 0.364. The van der Waals surface area contributed by atoms with Gasteiger partial charge in [0.25, 0.3) is 0 Å². The molecule has 0 atom stereocenters. The Morgan fingerprint density at radius 2 is 2.11 bits per heavy atom. The summed E-state index contributed by atoms with van der Waals surface area (Å²) in [6.45, 7) is 1.86. The summed E-state index contributed by atoms with van der Waals surface area (Å²) >= 11 is 0. The molecule has 0 aliphatic heterocycles. The van der Waals surface area contributed by atoms with Gasteiger partial charge in [0.1, 0.15) is 10.6 Å². The van der Waals surface area contributed by atoms with E-state index < -0.39 is 10.0 Å². The van der Waals surface area contributed by atoms with Crippen molar-refractivity contribution in [2.75, 3.05) is 13.7 Å². The molecule has 0 spiro atoms. The van der Waals surface area contributed by atoms with Gasteiger partial charge >= 0.3 is 0 Å². The fourth-order valence-electron chi connectivity index (χ4n) is 1.48. The molecule has 0 saturated heterocycles. The molecule has 0 bridgehead atoms. The minimum absolute atomic E-state index is 0.0506. The predicted octanol–water partition coefficient (Wildman–Crippen LogP) is 0.0212. The molecule has 0 aromatic heterocycles. The average Bonchev–Trinajstić information content (AvgIpc) is 2.27. The minimum atomic E-state index is -3.82. The van der Waals surface area contributed by atoms with Gasteiger partial charge in [-0.1, -0.05) is 6.07 Å². The summed E-state index contributed by atoms with van der Waals surface area (Å²) in [7, 11) is -2.45. The monoisotopic (exact) mass is 272 g/mol. The number of nitrogens with one attached hydrogen (secondary N) is 1. The van der Waals surface area contributed by atoms with E-state index in [9.17, 15) is 13.2 Å². The Balaban J connectivity index is 2.93. The first-order valence-electron chi connectivity index (χ1n) is 5.28. The van der Waals surface area contributed by atoms with E-state index in [0.717, 1.165) is 5.56 Å². The van der Waals surface area contributed by atoms with Crippen LogP contribution in [0, 0.1) is 0 Å². The lowest BCUT2D eigenvalue weighted by Gasteiger charge is -2.09. The summed E-state index contributed by atoms with van der Waals surface area (Å²) < 4.78 is 27.7. The van der Waals surface area contributed by atoms with Crippen molar-refractivity contribution in [3.63, 3.8) is 0 Å². The molecule has 0 saturated carbocycles. The summed E-state index contributed by atoms with van der Waals surface area (Å²) in [5, 5.41) is 7.73. The molecule has 3 N–H and O–H groups in total. The van der Waals surface area contributed by atoms with Gasteiger partial charge in [0.2, 0.25) is 15.9 Å². The zero-order valence-electron chi connectivity index (χ0n) is 10.3. The molecule has 1 aromatic carbocycles. The zero-order chi connectivity index (χ0) is 13.8. The number of hydrogen-bond donors (Lipinski definition) is 2. The lowest BCUT2D eigenvalue weighted by molar-refractivity contribution is -0.118. The Kier molecular flexibility index (Phi) is 4.69. The first kappa shape index (κ1) is 14.5. The van der Waals surface area contributed by atoms with Crippen LogP contribution < -0.4 is 15.2 Å². The third-order valence-corrected chi connectivity index (χ3v) is 3.25. The number of carbonyl (C=O) groups is 1. The number of benzene rings is 1. The number of sulfonamides is 1. The van der Waals surface area contributed by atoms with Gasteiger partial charge in [0.05, 0.1) is 7.11 Å². The molecular formula is C11H16N2O4S. The van der Waals surface area contributed by atoms with E-state index in [1.54, 1.807) is 12.1 Å². The van der Waals surface area contributed by atoms with Crippen LogP contribution in [-0.2, 0) is 21.2 Å². The average molecular weight is 272 g/mol. The third-order valence-electron chi connectivity index (χ3n) is 2.32. The van der Waals surface area contributed by atoms with E-state index in [-0.39, 0.29) is 16.6 Å². The van der Waals surface area contributed by atoms with Gasteiger partial charge in [-0.15, -0.1) is 0 Å². The minimum Gasteiger partial charge on any atom is -0.495 e. The van der Waals surface area contributed by atoms with Crippen molar-refractivity contribution in [2.45, 2.75) is 18.2 Å². The quantitative estimate of drug-likeness (QED) is 0.789. The maximum Gasteiger partial charge on any atom is 0.241 e. The molecule has 0 unspecified atom stereocenters. The van der Waals surface area contributed by atoms with Crippen molar-refractivity contribution >= 4 is 15.9 Å². The molecule has 1 rings (SSSR count). The van der Waals surface area contributed by atoms with Crippen molar-refractivity contribution in [3.8, 4) is 5.75 Å². The predicted molar refractivity (Wildman–Crippen MR) is 66.8 cm³/mol. The summed E-state index contributed by atoms with van der Waals surface area (Å²) in [4.78, 5) is 10.7. The molecule has 0 aliphatic rings. The molecule has 0 heterocycles. The molecule has 0 fully saturated rings. The van der Waals surface area contributed by atoms with Crippen molar-refractivity contribution in [1.29, 1.82) is 0 Å². The number of primary sulfonamides is 1. The number of ether oxygens (including phenoxy) is 1. The highest BCUT2D eigenvalue weighted by Crippen LogP contribution is 2.23. The first-order valence-corrected chi connectivity index (χ1v) is 6.83. The second-order valence-corrected chi connectivity index (χ2v) is 5.29. The number of carbonyl (C=O) groups excluding carboxylic acids is 1. The van der Waals surface area contributed by atoms with E-state index in [1.165, 1.54) is 20.1 Å². The van der Waals surface area contributed by atoms with Crippen molar-refractivity contribution in [2.24, 2.45) is 5.14 Å². The Bertz CT molecular complexity index is 540. The lowest BCUT2D eigenvalue weighted by Crippen LogP contribution is -2.22. The summed E-state index contributed by atoms with van der Waals surface area (Å²) in [5.74, 6) is 0.0796. The van der Waals surface area contributed by atoms with Crippen LogP contribution in [0.15, 0.2) is 23.1 Å². The Hall–Kier alpha value is -1.60. The second-order valence-electron chi connectivity index (χ2n) is 3.76. The van der Waals surface area contributed by atoms with Crippen molar-refractivity contribution in [3.05, 3.63) is 23.8 Å². The highest BCUT2D eigenvalue weighted by atomic mass is 32.2. The molecule has 1 amide bonds. The second kappa shape index (κ2) is 5.83. The largest absolute Gasteiger partial charge is 0.495 e. The van der Waals surface area contributed by atoms with Crippen LogP contribution >= 0.6 is 0 Å². The number of methoxy groups -OCH3 is 1. The van der Waals surface area contributed by atoms with E-state index in [1.807, 2.05) is 0 Å². The van der Waals surface area contributed by atoms with E-state index in [4.69, 9.17) is 9.88 Å². The Morgan fingerprint density at radius 1 is 1.44 bits per heavy atom. The van der Waals surface area contributed by atoms with Gasteiger partial charge in [-0.05, 0) is 24.1 Å². The smallest absolute Gasteiger partial charge is 0.241 e. The molecule has 0 aliphatic carbocycles. The molecule has 100 valence electrons. The van der Waals surface area contributed by atoms with Crippen LogP contribution in [0.2, 0.25) is 0 Å². The van der Waals surface area contributed by atoms with Gasteiger partial charge in [0.15, 0.2) is 0 Å². The summed E-state index contributed by atoms with van der Waals surface area (Å²) in [6.07, 6.45) is 0.520. The SMILES string of the molecule is COc1ccc(CCNC(C)=O)cc1S(N)(=O)=O. The van der Waals surface area contributed by atoms with Crippen LogP contribution in [-0.4, -0.2) is 28.0 Å². The molecule has 6 nitrogen and oxygen atoms in total. The first-order chi connectivity index (χ1) is 8.34. The molecule has 0 radical (unpaired) electrons. The van der Waals surface area contributed by atoms with Crippen LogP contribution in [0.5, 0.6) is 5.75 Å². The molecule has 18 heavy (non-hydrogen) atoms. The summed E-state index contributed by atoms with van der Waals surface area (Å²) in [6, 6.07) is 4.73. The Morgan fingerprint density at radius 3 is 2.61 bits per heavy atom. The van der Waals surface area contributed by atoms with E-state index >= 15 is 0 Å². The van der Waals surface area contributed by atoms with Crippen molar-refractivity contribution < 1.29 is 17.9 Å². The standard InChI is InChI=1S/C11H16N2O4S/c1-8(14)13-6-5-9-3-4-10(17-2)11(7-9)18(12,15)16/h3-4,7H,5-6H2,1-2H3,(H,13,14)(H2,12,15,16). The highest BCUT2D eigenvalue weighted by Gasteiger charge is 2.15. The third kappa shape index (κ3) is 4.01. The highest BCUT2D eigenvalue weighted by molar-refractivity contribution is 7.89. The number of nitrogens with two attached hydrogens (primary N) is 1. The Labute approximate surface area is 106 Å². The maximum atomic E-state index is 11.4. The van der Waals surface area contributed by atoms with Crippen molar-refractivity contribution in [1.82, 2.24) is 5.32 Å². The normalized spacial score (nSPS) is 11.1. The van der Waals surface area contributed by atoms with Crippen LogP contribution in [0.3, 0.4) is 0 Å². The topological polar surface area (TPSA) is 98.5 Å². The van der Waals surface area contributed by atoms with Crippen LogP contribution in [0.4, 0.5) is 0 Å². The van der Waals surface area contributed by atoms with Crippen LogP contribution in [0.25, 0.3) is 0 Å². The summed E-state index contributed by atoms with van der Waals surface area (Å²) in [5.41, 5.74) is 0.758. The van der Waals surface area contributed by atoms with Gasteiger partial charge < -0.3 is 10.1 Å². The van der Waals surface area contributed by atoms with Gasteiger partial charge in [-0.25, -0.2) is 13.6 Å². The number of amides is 1. The molecule has 1 aromatic rings. The molecule has 7 heteroatoms. The zero-order valence-corrected chi connectivity index (χ0v) is 11.1. The lowest BCUT2D eigenvalue weighted by atomic mass is 10.1. The maximum absolute atomic E-state index is 11.4. The number of rotatable bonds is 5.